The smallest absolute Gasteiger partial charge is 0.419 e. The molecule has 3 nitrogen and oxygen atoms in total. The SMILES string of the molecule is O=C(OCc1ccccc1)n1c2cc(C=C3C(=S)c4ccccc4C3=S)sc2c2sc3cc(C=C4C(=S)c5ccccc5C4=S)sc3c21. The van der Waals surface area contributed by atoms with E-state index in [1.165, 1.54) is 0 Å². The summed E-state index contributed by atoms with van der Waals surface area (Å²) in [4.78, 5) is 19.1. The molecule has 0 unspecified atom stereocenters. The van der Waals surface area contributed by atoms with Gasteiger partial charge in [0.1, 0.15) is 6.61 Å². The van der Waals surface area contributed by atoms with Crippen LogP contribution in [0.2, 0.25) is 0 Å². The van der Waals surface area contributed by atoms with Crippen LogP contribution in [0.4, 0.5) is 4.79 Å². The van der Waals surface area contributed by atoms with Gasteiger partial charge in [-0.25, -0.2) is 9.36 Å². The highest BCUT2D eigenvalue weighted by molar-refractivity contribution is 7.84. The van der Waals surface area contributed by atoms with Gasteiger partial charge < -0.3 is 4.74 Å². The Morgan fingerprint density at radius 2 is 1.12 bits per heavy atom. The molecule has 230 valence electrons. The number of allylic oxidation sites excluding steroid dienone is 2. The lowest BCUT2D eigenvalue weighted by atomic mass is 10.1. The predicted molar refractivity (Wildman–Crippen MR) is 218 cm³/mol. The van der Waals surface area contributed by atoms with E-state index in [1.54, 1.807) is 38.6 Å². The van der Waals surface area contributed by atoms with Crippen molar-refractivity contribution in [1.82, 2.24) is 4.57 Å². The monoisotopic (exact) mass is 745 g/mol. The fourth-order valence-electron chi connectivity index (χ4n) is 6.31. The molecule has 9 rings (SSSR count). The van der Waals surface area contributed by atoms with Crippen LogP contribution in [-0.4, -0.2) is 30.1 Å². The Labute approximate surface area is 308 Å². The summed E-state index contributed by atoms with van der Waals surface area (Å²) >= 11 is 28.3. The molecule has 2 aliphatic rings. The van der Waals surface area contributed by atoms with Crippen molar-refractivity contribution in [3.8, 4) is 0 Å². The molecule has 0 bridgehead atoms. The van der Waals surface area contributed by atoms with E-state index in [1.807, 2.05) is 84.9 Å². The first-order valence-electron chi connectivity index (χ1n) is 14.9. The third-order valence-corrected chi connectivity index (χ3v) is 13.9. The Morgan fingerprint density at radius 1 is 0.625 bits per heavy atom. The third-order valence-electron chi connectivity index (χ3n) is 8.53. The van der Waals surface area contributed by atoms with Gasteiger partial charge in [0.15, 0.2) is 0 Å². The summed E-state index contributed by atoms with van der Waals surface area (Å²) in [6, 6.07) is 30.0. The first-order chi connectivity index (χ1) is 23.4. The van der Waals surface area contributed by atoms with Crippen LogP contribution in [0, 0.1) is 0 Å². The van der Waals surface area contributed by atoms with E-state index >= 15 is 0 Å². The summed E-state index contributed by atoms with van der Waals surface area (Å²) in [5.74, 6) is 0. The van der Waals surface area contributed by atoms with Gasteiger partial charge >= 0.3 is 6.09 Å². The second kappa shape index (κ2) is 11.6. The molecule has 0 amide bonds. The zero-order valence-corrected chi connectivity index (χ0v) is 30.4. The summed E-state index contributed by atoms with van der Waals surface area (Å²) in [7, 11) is 0. The molecule has 0 saturated heterocycles. The lowest BCUT2D eigenvalue weighted by Crippen LogP contribution is -2.13. The van der Waals surface area contributed by atoms with Crippen molar-refractivity contribution >= 4 is 150 Å². The number of aromatic nitrogens is 1. The van der Waals surface area contributed by atoms with Crippen LogP contribution in [-0.2, 0) is 11.3 Å². The molecule has 0 atom stereocenters. The number of carbonyl (C=O) groups excluding carboxylic acids is 1. The number of nitrogens with zero attached hydrogens (tertiary/aromatic N) is 1. The standard InChI is InChI=1S/C38H19NO2S7/c40-38(41-18-19-8-2-1-3-9-19)39-28-16-20(14-26-31(42)22-10-4-5-11-23(22)32(26)43)46-35(28)37-30(39)36-29(48-37)17-21(47-36)15-27-33(44)24-12-6-7-13-25(24)34(27)45/h1-17H,18H2. The zero-order chi connectivity index (χ0) is 32.7. The van der Waals surface area contributed by atoms with Gasteiger partial charge in [-0.1, -0.05) is 128 Å². The van der Waals surface area contributed by atoms with E-state index in [0.717, 1.165) is 98.0 Å². The van der Waals surface area contributed by atoms with Crippen LogP contribution in [0.1, 0.15) is 37.6 Å². The van der Waals surface area contributed by atoms with Gasteiger partial charge in [0.2, 0.25) is 0 Å². The third kappa shape index (κ3) is 4.70. The number of fused-ring (bicyclic) bond motifs is 7. The lowest BCUT2D eigenvalue weighted by Gasteiger charge is -2.07. The fraction of sp³-hybridized carbons (Fsp3) is 0.0263. The Hall–Kier alpha value is -3.87. The Kier molecular flexibility index (Phi) is 7.32. The van der Waals surface area contributed by atoms with Crippen LogP contribution < -0.4 is 0 Å². The maximum atomic E-state index is 14.0. The largest absolute Gasteiger partial charge is 0.444 e. The highest BCUT2D eigenvalue weighted by atomic mass is 32.1. The van der Waals surface area contributed by atoms with E-state index in [2.05, 4.69) is 18.2 Å². The molecule has 0 aliphatic heterocycles. The van der Waals surface area contributed by atoms with Gasteiger partial charge in [0.05, 0.1) is 44.6 Å². The molecule has 48 heavy (non-hydrogen) atoms. The minimum absolute atomic E-state index is 0.174. The summed E-state index contributed by atoms with van der Waals surface area (Å²) in [5, 5.41) is 0. The van der Waals surface area contributed by atoms with Gasteiger partial charge in [0.25, 0.3) is 0 Å². The van der Waals surface area contributed by atoms with E-state index in [4.69, 9.17) is 53.6 Å². The van der Waals surface area contributed by atoms with Crippen molar-refractivity contribution in [1.29, 1.82) is 0 Å². The van der Waals surface area contributed by atoms with Crippen molar-refractivity contribution in [2.45, 2.75) is 6.61 Å². The molecule has 0 radical (unpaired) electrons. The van der Waals surface area contributed by atoms with Gasteiger partial charge in [-0.15, -0.1) is 34.0 Å². The van der Waals surface area contributed by atoms with Crippen molar-refractivity contribution in [3.63, 3.8) is 0 Å². The van der Waals surface area contributed by atoms with Crippen LogP contribution >= 0.6 is 82.9 Å². The number of hydrogen-bond acceptors (Lipinski definition) is 9. The lowest BCUT2D eigenvalue weighted by molar-refractivity contribution is 0.143. The first kappa shape index (κ1) is 30.2. The second-order valence-corrected chi connectivity index (χ2v) is 16.2. The molecule has 10 heteroatoms. The molecule has 4 heterocycles. The topological polar surface area (TPSA) is 31.2 Å². The second-order valence-electron chi connectivity index (χ2n) is 11.4. The van der Waals surface area contributed by atoms with E-state index in [0.29, 0.717) is 0 Å². The molecule has 2 aliphatic carbocycles. The highest BCUT2D eigenvalue weighted by Gasteiger charge is 2.29. The fourth-order valence-corrected chi connectivity index (χ4v) is 11.6. The molecule has 0 N–H and O–H groups in total. The average molecular weight is 746 g/mol. The van der Waals surface area contributed by atoms with Crippen LogP contribution in [0.25, 0.3) is 42.0 Å². The summed E-state index contributed by atoms with van der Waals surface area (Å²) in [6.07, 6.45) is 3.73. The van der Waals surface area contributed by atoms with Gasteiger partial charge in [-0.3, -0.25) is 0 Å². The quantitative estimate of drug-likeness (QED) is 0.132. The van der Waals surface area contributed by atoms with Crippen LogP contribution in [0.15, 0.2) is 102 Å². The Bertz CT molecular complexity index is 2590. The molecular formula is C38H19NO2S7. The maximum Gasteiger partial charge on any atom is 0.419 e. The Morgan fingerprint density at radius 3 is 1.69 bits per heavy atom. The number of thiophene rings is 3. The summed E-state index contributed by atoms with van der Waals surface area (Å²) in [5.41, 5.74) is 8.37. The normalized spacial score (nSPS) is 14.1. The van der Waals surface area contributed by atoms with Gasteiger partial charge in [-0.05, 0) is 29.8 Å². The molecule has 0 saturated carbocycles. The number of carbonyl (C=O) groups is 1. The molecule has 7 aromatic rings. The van der Waals surface area contributed by atoms with Crippen molar-refractivity contribution in [3.05, 3.63) is 140 Å². The summed E-state index contributed by atoms with van der Waals surface area (Å²) < 4.78 is 11.9. The van der Waals surface area contributed by atoms with E-state index in [-0.39, 0.29) is 6.61 Å². The molecule has 0 fully saturated rings. The van der Waals surface area contributed by atoms with E-state index in [9.17, 15) is 4.79 Å². The predicted octanol–water partition coefficient (Wildman–Crippen LogP) is 11.4. The van der Waals surface area contributed by atoms with Crippen LogP contribution in [0.5, 0.6) is 0 Å². The molecule has 3 aromatic carbocycles. The van der Waals surface area contributed by atoms with Crippen LogP contribution in [0.3, 0.4) is 0 Å². The average Bonchev–Trinajstić information content (AvgIpc) is 3.92. The van der Waals surface area contributed by atoms with E-state index < -0.39 is 6.09 Å². The molecular weight excluding hydrogens is 727 g/mol. The number of rotatable bonds is 4. The summed E-state index contributed by atoms with van der Waals surface area (Å²) in [6.45, 7) is 0.174. The molecule has 4 aromatic heterocycles. The Balaban J connectivity index is 1.16. The van der Waals surface area contributed by atoms with Crippen molar-refractivity contribution in [2.75, 3.05) is 0 Å². The minimum atomic E-state index is -0.420. The first-order valence-corrected chi connectivity index (χ1v) is 19.0. The highest BCUT2D eigenvalue weighted by Crippen LogP contribution is 2.48. The number of hydrogen-bond donors (Lipinski definition) is 0. The molecule has 0 spiro atoms. The number of benzene rings is 3. The van der Waals surface area contributed by atoms with Crippen molar-refractivity contribution < 1.29 is 9.53 Å². The van der Waals surface area contributed by atoms with Gasteiger partial charge in [-0.2, -0.15) is 0 Å². The maximum absolute atomic E-state index is 14.0. The number of thiocarbonyl (C=S) groups is 4. The minimum Gasteiger partial charge on any atom is -0.444 e. The van der Waals surface area contributed by atoms with Gasteiger partial charge in [0, 0.05) is 47.9 Å². The van der Waals surface area contributed by atoms with Crippen molar-refractivity contribution in [2.24, 2.45) is 0 Å². The zero-order valence-electron chi connectivity index (χ0n) is 24.6. The number of ether oxygens (including phenoxy) is 1.